The summed E-state index contributed by atoms with van der Waals surface area (Å²) in [6, 6.07) is 0. The van der Waals surface area contributed by atoms with Gasteiger partial charge < -0.3 is 8.85 Å². The summed E-state index contributed by atoms with van der Waals surface area (Å²) >= 11 is 0. The largest absolute Gasteiger partial charge is 0.395 e. The molecule has 0 aromatic heterocycles. The Bertz CT molecular complexity index is 207. The van der Waals surface area contributed by atoms with E-state index in [0.717, 1.165) is 13.2 Å². The molecule has 0 bridgehead atoms. The van der Waals surface area contributed by atoms with Crippen LogP contribution < -0.4 is 0 Å². The second-order valence-corrected chi connectivity index (χ2v) is 10.0. The van der Waals surface area contributed by atoms with E-state index < -0.39 is 8.56 Å². The second kappa shape index (κ2) is 15.0. The molecular formula is C18H40O2Si. The lowest BCUT2D eigenvalue weighted by Crippen LogP contribution is -2.35. The molecule has 0 unspecified atom stereocenters. The minimum Gasteiger partial charge on any atom is -0.395 e. The van der Waals surface area contributed by atoms with E-state index in [1.807, 2.05) is 0 Å². The van der Waals surface area contributed by atoms with Gasteiger partial charge in [-0.2, -0.15) is 0 Å². The summed E-state index contributed by atoms with van der Waals surface area (Å²) in [5, 5.41) is 0. The summed E-state index contributed by atoms with van der Waals surface area (Å²) in [7, 11) is -1.85. The summed E-state index contributed by atoms with van der Waals surface area (Å²) in [6.45, 7) is 10.6. The molecule has 0 saturated heterocycles. The van der Waals surface area contributed by atoms with Gasteiger partial charge in [0, 0.05) is 13.2 Å². The maximum absolute atomic E-state index is 6.00. The topological polar surface area (TPSA) is 18.5 Å². The van der Waals surface area contributed by atoms with Crippen molar-refractivity contribution < 1.29 is 8.85 Å². The summed E-state index contributed by atoms with van der Waals surface area (Å²) in [5.41, 5.74) is 0. The van der Waals surface area contributed by atoms with Gasteiger partial charge in [0.2, 0.25) is 0 Å². The van der Waals surface area contributed by atoms with E-state index in [-0.39, 0.29) is 0 Å². The quantitative estimate of drug-likeness (QED) is 0.241. The van der Waals surface area contributed by atoms with E-state index in [1.54, 1.807) is 0 Å². The molecule has 0 aromatic rings. The molecule has 0 atom stereocenters. The van der Waals surface area contributed by atoms with Crippen LogP contribution in [0.4, 0.5) is 0 Å². The molecular weight excluding hydrogens is 276 g/mol. The van der Waals surface area contributed by atoms with Gasteiger partial charge in [-0.15, -0.1) is 0 Å². The lowest BCUT2D eigenvalue weighted by atomic mass is 10.1. The highest BCUT2D eigenvalue weighted by Gasteiger charge is 2.23. The fraction of sp³-hybridized carbons (Fsp3) is 1.00. The van der Waals surface area contributed by atoms with Crippen molar-refractivity contribution in [2.24, 2.45) is 0 Å². The van der Waals surface area contributed by atoms with Crippen LogP contribution in [0.3, 0.4) is 0 Å². The monoisotopic (exact) mass is 316 g/mol. The van der Waals surface area contributed by atoms with Crippen molar-refractivity contribution in [3.05, 3.63) is 0 Å². The van der Waals surface area contributed by atoms with Crippen LogP contribution in [-0.4, -0.2) is 21.8 Å². The lowest BCUT2D eigenvalue weighted by Gasteiger charge is -2.22. The van der Waals surface area contributed by atoms with Crippen LogP contribution in [0.25, 0.3) is 0 Å². The van der Waals surface area contributed by atoms with E-state index in [1.165, 1.54) is 77.0 Å². The minimum atomic E-state index is -1.85. The maximum Gasteiger partial charge on any atom is 0.331 e. The molecule has 0 heterocycles. The van der Waals surface area contributed by atoms with E-state index in [2.05, 4.69) is 26.9 Å². The number of hydrogen-bond donors (Lipinski definition) is 0. The molecule has 0 aliphatic rings. The highest BCUT2D eigenvalue weighted by atomic mass is 28.4. The van der Waals surface area contributed by atoms with E-state index in [9.17, 15) is 0 Å². The van der Waals surface area contributed by atoms with E-state index >= 15 is 0 Å². The first-order valence-corrected chi connectivity index (χ1v) is 12.2. The van der Waals surface area contributed by atoms with Gasteiger partial charge in [0.05, 0.1) is 0 Å². The molecule has 3 heteroatoms. The summed E-state index contributed by atoms with van der Waals surface area (Å²) in [5.74, 6) is 0. The Balaban J connectivity index is 3.32. The van der Waals surface area contributed by atoms with Crippen molar-refractivity contribution in [2.45, 2.75) is 104 Å². The SMILES string of the molecule is CCCCCCCCCCO[Si](C)(C)OCCCCCC. The Kier molecular flexibility index (Phi) is 15.1. The van der Waals surface area contributed by atoms with Gasteiger partial charge in [0.15, 0.2) is 0 Å². The summed E-state index contributed by atoms with van der Waals surface area (Å²) in [4.78, 5) is 0. The Hall–Kier alpha value is 0.137. The third-order valence-corrected chi connectivity index (χ3v) is 5.69. The van der Waals surface area contributed by atoms with E-state index in [0.29, 0.717) is 0 Å². The van der Waals surface area contributed by atoms with Gasteiger partial charge in [-0.1, -0.05) is 78.1 Å². The fourth-order valence-corrected chi connectivity index (χ4v) is 3.80. The van der Waals surface area contributed by atoms with E-state index in [4.69, 9.17) is 8.85 Å². The highest BCUT2D eigenvalue weighted by Crippen LogP contribution is 2.12. The molecule has 0 N–H and O–H groups in total. The molecule has 0 radical (unpaired) electrons. The first-order valence-electron chi connectivity index (χ1n) is 9.40. The molecule has 21 heavy (non-hydrogen) atoms. The van der Waals surface area contributed by atoms with Gasteiger partial charge >= 0.3 is 8.56 Å². The number of hydrogen-bond acceptors (Lipinski definition) is 2. The predicted molar refractivity (Wildman–Crippen MR) is 96.1 cm³/mol. The van der Waals surface area contributed by atoms with Crippen LogP contribution >= 0.6 is 0 Å². The fourth-order valence-electron chi connectivity index (χ4n) is 2.44. The van der Waals surface area contributed by atoms with Crippen molar-refractivity contribution in [3.63, 3.8) is 0 Å². The molecule has 0 rings (SSSR count). The third-order valence-electron chi connectivity index (χ3n) is 3.90. The molecule has 0 spiro atoms. The average molecular weight is 317 g/mol. The molecule has 0 fully saturated rings. The molecule has 0 saturated carbocycles. The number of rotatable bonds is 16. The van der Waals surface area contributed by atoms with Crippen LogP contribution in [0.1, 0.15) is 90.9 Å². The molecule has 0 aromatic carbocycles. The van der Waals surface area contributed by atoms with Gasteiger partial charge in [0.25, 0.3) is 0 Å². The minimum absolute atomic E-state index is 0.886. The summed E-state index contributed by atoms with van der Waals surface area (Å²) in [6.07, 6.45) is 15.9. The average Bonchev–Trinajstić information content (AvgIpc) is 2.45. The van der Waals surface area contributed by atoms with Crippen LogP contribution in [0.5, 0.6) is 0 Å². The van der Waals surface area contributed by atoms with Gasteiger partial charge in [-0.05, 0) is 25.9 Å². The second-order valence-electron chi connectivity index (χ2n) is 6.63. The van der Waals surface area contributed by atoms with Gasteiger partial charge in [-0.25, -0.2) is 0 Å². The molecule has 128 valence electrons. The molecule has 2 nitrogen and oxygen atoms in total. The zero-order valence-corrected chi connectivity index (χ0v) is 16.2. The third kappa shape index (κ3) is 16.3. The Morgan fingerprint density at radius 2 is 0.857 bits per heavy atom. The predicted octanol–water partition coefficient (Wildman–Crippen LogP) is 6.44. The highest BCUT2D eigenvalue weighted by molar-refractivity contribution is 6.64. The Morgan fingerprint density at radius 1 is 0.524 bits per heavy atom. The number of unbranched alkanes of at least 4 members (excludes halogenated alkanes) is 10. The zero-order chi connectivity index (χ0) is 15.8. The molecule has 0 amide bonds. The Labute approximate surface area is 135 Å². The van der Waals surface area contributed by atoms with Gasteiger partial charge in [-0.3, -0.25) is 0 Å². The first kappa shape index (κ1) is 21.1. The lowest BCUT2D eigenvalue weighted by molar-refractivity contribution is 0.173. The molecule has 0 aliphatic carbocycles. The standard InChI is InChI=1S/C18H40O2Si/c1-5-7-9-11-12-13-14-16-18-20-21(3,4)19-17-15-10-8-6-2/h5-18H2,1-4H3. The van der Waals surface area contributed by atoms with Crippen molar-refractivity contribution in [3.8, 4) is 0 Å². The normalized spacial score (nSPS) is 12.0. The van der Waals surface area contributed by atoms with Crippen molar-refractivity contribution in [1.29, 1.82) is 0 Å². The van der Waals surface area contributed by atoms with Crippen molar-refractivity contribution in [2.75, 3.05) is 13.2 Å². The summed E-state index contributed by atoms with van der Waals surface area (Å²) < 4.78 is 12.0. The molecule has 0 aliphatic heterocycles. The maximum atomic E-state index is 6.00. The smallest absolute Gasteiger partial charge is 0.331 e. The Morgan fingerprint density at radius 3 is 1.29 bits per heavy atom. The van der Waals surface area contributed by atoms with Crippen LogP contribution in [-0.2, 0) is 8.85 Å². The van der Waals surface area contributed by atoms with Crippen LogP contribution in [0, 0.1) is 0 Å². The van der Waals surface area contributed by atoms with Crippen LogP contribution in [0.15, 0.2) is 0 Å². The van der Waals surface area contributed by atoms with Crippen molar-refractivity contribution in [1.82, 2.24) is 0 Å². The van der Waals surface area contributed by atoms with Crippen LogP contribution in [0.2, 0.25) is 13.1 Å². The zero-order valence-electron chi connectivity index (χ0n) is 15.2. The first-order chi connectivity index (χ1) is 10.1. The van der Waals surface area contributed by atoms with Crippen molar-refractivity contribution >= 4 is 8.56 Å². The van der Waals surface area contributed by atoms with Gasteiger partial charge in [0.1, 0.15) is 0 Å².